The third kappa shape index (κ3) is 4.42. The maximum absolute atomic E-state index is 11.5. The molecule has 1 aliphatic heterocycles. The molecule has 0 aliphatic carbocycles. The Labute approximate surface area is 99.8 Å². The molecule has 1 saturated heterocycles. The van der Waals surface area contributed by atoms with Crippen LogP contribution in [0.15, 0.2) is 0 Å². The smallest absolute Gasteiger partial charge is 0.306 e. The summed E-state index contributed by atoms with van der Waals surface area (Å²) in [4.78, 5) is 33.0. The molecule has 0 aromatic carbocycles. The van der Waals surface area contributed by atoms with Gasteiger partial charge in [0, 0.05) is 13.0 Å². The number of carboxylic acid groups (broad SMARTS) is 1. The molecule has 1 aliphatic rings. The molecule has 0 saturated carbocycles. The lowest BCUT2D eigenvalue weighted by Crippen LogP contribution is -2.41. The molecule has 0 radical (unpaired) electrons. The fourth-order valence-electron chi connectivity index (χ4n) is 1.68. The Bertz CT molecular complexity index is 317. The number of amides is 2. The topological polar surface area (TPSA) is 95.5 Å². The highest BCUT2D eigenvalue weighted by Crippen LogP contribution is 2.07. The summed E-state index contributed by atoms with van der Waals surface area (Å²) in [5.74, 6) is -1.49. The molecule has 0 aromatic rings. The second kappa shape index (κ2) is 6.22. The van der Waals surface area contributed by atoms with Gasteiger partial charge in [-0.3, -0.25) is 14.4 Å². The van der Waals surface area contributed by atoms with Crippen LogP contribution < -0.4 is 10.6 Å². The zero-order chi connectivity index (χ0) is 12.8. The largest absolute Gasteiger partial charge is 0.481 e. The van der Waals surface area contributed by atoms with Gasteiger partial charge in [-0.1, -0.05) is 6.92 Å². The van der Waals surface area contributed by atoms with Crippen molar-refractivity contribution in [1.29, 1.82) is 0 Å². The van der Waals surface area contributed by atoms with Gasteiger partial charge in [0.15, 0.2) is 0 Å². The van der Waals surface area contributed by atoms with Gasteiger partial charge >= 0.3 is 5.97 Å². The molecule has 2 atom stereocenters. The summed E-state index contributed by atoms with van der Waals surface area (Å²) < 4.78 is 0. The summed E-state index contributed by atoms with van der Waals surface area (Å²) in [5.41, 5.74) is 0. The van der Waals surface area contributed by atoms with Gasteiger partial charge in [-0.05, 0) is 19.3 Å². The first-order chi connectivity index (χ1) is 8.00. The van der Waals surface area contributed by atoms with Crippen LogP contribution in [0.2, 0.25) is 0 Å². The molecular formula is C11H18N2O4. The fourth-order valence-corrected chi connectivity index (χ4v) is 1.68. The molecule has 0 aromatic heterocycles. The minimum atomic E-state index is -0.820. The van der Waals surface area contributed by atoms with Crippen molar-refractivity contribution in [2.45, 2.75) is 38.6 Å². The Hall–Kier alpha value is -1.59. The molecule has 1 heterocycles. The van der Waals surface area contributed by atoms with Gasteiger partial charge < -0.3 is 15.7 Å². The summed E-state index contributed by atoms with van der Waals surface area (Å²) in [6.45, 7) is 2.09. The van der Waals surface area contributed by atoms with Gasteiger partial charge in [0.05, 0.1) is 5.92 Å². The maximum atomic E-state index is 11.5. The Balaban J connectivity index is 2.12. The minimum absolute atomic E-state index is 0.0929. The highest BCUT2D eigenvalue weighted by molar-refractivity contribution is 5.90. The first-order valence-electron chi connectivity index (χ1n) is 5.80. The fraction of sp³-hybridized carbons (Fsp3) is 0.727. The highest BCUT2D eigenvalue weighted by Gasteiger charge is 2.26. The van der Waals surface area contributed by atoms with Crippen molar-refractivity contribution in [3.8, 4) is 0 Å². The molecule has 1 unspecified atom stereocenters. The number of hydrogen-bond donors (Lipinski definition) is 3. The zero-order valence-electron chi connectivity index (χ0n) is 9.86. The van der Waals surface area contributed by atoms with E-state index in [4.69, 9.17) is 5.11 Å². The molecule has 6 heteroatoms. The van der Waals surface area contributed by atoms with Gasteiger partial charge in [-0.2, -0.15) is 0 Å². The Morgan fingerprint density at radius 3 is 2.82 bits per heavy atom. The van der Waals surface area contributed by atoms with Crippen molar-refractivity contribution in [3.63, 3.8) is 0 Å². The summed E-state index contributed by atoms with van der Waals surface area (Å²) in [5, 5.41) is 13.9. The van der Waals surface area contributed by atoms with E-state index in [1.807, 2.05) is 0 Å². The van der Waals surface area contributed by atoms with Crippen molar-refractivity contribution in [2.75, 3.05) is 6.54 Å². The van der Waals surface area contributed by atoms with Crippen LogP contribution in [-0.4, -0.2) is 35.5 Å². The predicted octanol–water partition coefficient (Wildman–Crippen LogP) is -0.118. The van der Waals surface area contributed by atoms with Crippen LogP contribution in [0.4, 0.5) is 0 Å². The quantitative estimate of drug-likeness (QED) is 0.566. The van der Waals surface area contributed by atoms with Crippen LogP contribution in [0.5, 0.6) is 0 Å². The van der Waals surface area contributed by atoms with Crippen molar-refractivity contribution in [3.05, 3.63) is 0 Å². The lowest BCUT2D eigenvalue weighted by atomic mass is 10.1. The van der Waals surface area contributed by atoms with E-state index >= 15 is 0 Å². The first kappa shape index (κ1) is 13.5. The number of rotatable bonds is 6. The van der Waals surface area contributed by atoms with Crippen LogP contribution in [0, 0.1) is 5.92 Å². The van der Waals surface area contributed by atoms with Crippen LogP contribution >= 0.6 is 0 Å². The second-order valence-corrected chi connectivity index (χ2v) is 4.33. The lowest BCUT2D eigenvalue weighted by Gasteiger charge is -2.11. The normalized spacial score (nSPS) is 20.8. The summed E-state index contributed by atoms with van der Waals surface area (Å²) in [7, 11) is 0. The Kier molecular flexibility index (Phi) is 4.93. The van der Waals surface area contributed by atoms with E-state index in [0.717, 1.165) is 0 Å². The number of nitrogens with one attached hydrogen (secondary N) is 2. The average molecular weight is 242 g/mol. The van der Waals surface area contributed by atoms with Gasteiger partial charge in [0.25, 0.3) is 0 Å². The van der Waals surface area contributed by atoms with Crippen LogP contribution in [-0.2, 0) is 14.4 Å². The van der Waals surface area contributed by atoms with Gasteiger partial charge in [0.2, 0.25) is 11.8 Å². The molecule has 1 rings (SSSR count). The molecular weight excluding hydrogens is 224 g/mol. The van der Waals surface area contributed by atoms with E-state index in [-0.39, 0.29) is 11.8 Å². The molecule has 1 fully saturated rings. The lowest BCUT2D eigenvalue weighted by molar-refractivity contribution is -0.141. The molecule has 96 valence electrons. The Morgan fingerprint density at radius 1 is 1.59 bits per heavy atom. The van der Waals surface area contributed by atoms with Crippen molar-refractivity contribution in [1.82, 2.24) is 10.6 Å². The third-order valence-corrected chi connectivity index (χ3v) is 2.85. The summed E-state index contributed by atoms with van der Waals surface area (Å²) >= 11 is 0. The highest BCUT2D eigenvalue weighted by atomic mass is 16.4. The number of hydrogen-bond acceptors (Lipinski definition) is 3. The molecule has 0 spiro atoms. The van der Waals surface area contributed by atoms with E-state index in [1.54, 1.807) is 6.92 Å². The number of carbonyl (C=O) groups excluding carboxylic acids is 2. The molecule has 6 nitrogen and oxygen atoms in total. The number of aliphatic carboxylic acids is 1. The standard InChI is InChI=1S/C11H18N2O4/c1-7(11(16)17)3-2-6-12-10(15)8-4-5-9(14)13-8/h7-8H,2-6H2,1H3,(H,12,15)(H,13,14)(H,16,17)/t7?,8-/m0/s1. The van der Waals surface area contributed by atoms with Gasteiger partial charge in [-0.25, -0.2) is 0 Å². The molecule has 0 bridgehead atoms. The Morgan fingerprint density at radius 2 is 2.29 bits per heavy atom. The molecule has 3 N–H and O–H groups in total. The minimum Gasteiger partial charge on any atom is -0.481 e. The third-order valence-electron chi connectivity index (χ3n) is 2.85. The van der Waals surface area contributed by atoms with Gasteiger partial charge in [0.1, 0.15) is 6.04 Å². The molecule has 17 heavy (non-hydrogen) atoms. The predicted molar refractivity (Wildman–Crippen MR) is 60.2 cm³/mol. The van der Waals surface area contributed by atoms with Crippen molar-refractivity contribution < 1.29 is 19.5 Å². The van der Waals surface area contributed by atoms with Crippen LogP contribution in [0.1, 0.15) is 32.6 Å². The monoisotopic (exact) mass is 242 g/mol. The van der Waals surface area contributed by atoms with E-state index in [0.29, 0.717) is 32.2 Å². The van der Waals surface area contributed by atoms with E-state index in [2.05, 4.69) is 10.6 Å². The summed E-state index contributed by atoms with van der Waals surface area (Å²) in [6, 6.07) is -0.417. The number of carbonyl (C=O) groups is 3. The SMILES string of the molecule is CC(CCCNC(=O)[C@@H]1CCC(=O)N1)C(=O)O. The van der Waals surface area contributed by atoms with Crippen LogP contribution in [0.3, 0.4) is 0 Å². The first-order valence-corrected chi connectivity index (χ1v) is 5.80. The van der Waals surface area contributed by atoms with E-state index in [9.17, 15) is 14.4 Å². The van der Waals surface area contributed by atoms with E-state index < -0.39 is 17.9 Å². The number of carboxylic acids is 1. The average Bonchev–Trinajstić information content (AvgIpc) is 2.70. The van der Waals surface area contributed by atoms with Crippen LogP contribution in [0.25, 0.3) is 0 Å². The second-order valence-electron chi connectivity index (χ2n) is 4.33. The van der Waals surface area contributed by atoms with Gasteiger partial charge in [-0.15, -0.1) is 0 Å². The summed E-state index contributed by atoms with van der Waals surface area (Å²) in [6.07, 6.45) is 2.09. The van der Waals surface area contributed by atoms with Crippen molar-refractivity contribution >= 4 is 17.8 Å². The van der Waals surface area contributed by atoms with E-state index in [1.165, 1.54) is 0 Å². The van der Waals surface area contributed by atoms with Crippen molar-refractivity contribution in [2.24, 2.45) is 5.92 Å². The maximum Gasteiger partial charge on any atom is 0.306 e. The molecule has 2 amide bonds. The zero-order valence-corrected chi connectivity index (χ0v) is 9.86.